The van der Waals surface area contributed by atoms with Crippen molar-refractivity contribution in [3.8, 4) is 11.5 Å². The smallest absolute Gasteiger partial charge is 0.158 e. The third-order valence-corrected chi connectivity index (χ3v) is 2.49. The van der Waals surface area contributed by atoms with Gasteiger partial charge in [-0.3, -0.25) is 0 Å². The van der Waals surface area contributed by atoms with Crippen LogP contribution in [0.25, 0.3) is 5.57 Å². The average molecular weight is 191 g/mol. The second-order valence-electron chi connectivity index (χ2n) is 3.53. The van der Waals surface area contributed by atoms with E-state index in [1.165, 1.54) is 0 Å². The third-order valence-electron chi connectivity index (χ3n) is 2.49. The number of nitrogens with one attached hydrogen (secondary N) is 1. The first kappa shape index (κ1) is 9.09. The molecule has 0 saturated carbocycles. The summed E-state index contributed by atoms with van der Waals surface area (Å²) in [6.45, 7) is 5.54. The van der Waals surface area contributed by atoms with E-state index >= 15 is 0 Å². The summed E-state index contributed by atoms with van der Waals surface area (Å²) >= 11 is 0. The van der Waals surface area contributed by atoms with Gasteiger partial charge in [0, 0.05) is 6.54 Å². The van der Waals surface area contributed by atoms with Gasteiger partial charge in [-0.05, 0) is 41.8 Å². The summed E-state index contributed by atoms with van der Waals surface area (Å²) < 4.78 is 0. The summed E-state index contributed by atoms with van der Waals surface area (Å²) in [6.07, 6.45) is 0.849. The van der Waals surface area contributed by atoms with Crippen LogP contribution < -0.4 is 5.32 Å². The Balaban J connectivity index is 2.54. The van der Waals surface area contributed by atoms with Gasteiger partial charge in [0.2, 0.25) is 0 Å². The normalized spacial score (nSPS) is 16.1. The number of hydrogen-bond donors (Lipinski definition) is 3. The molecule has 0 amide bonds. The Morgan fingerprint density at radius 2 is 1.93 bits per heavy atom. The lowest BCUT2D eigenvalue weighted by molar-refractivity contribution is 0.403. The lowest BCUT2D eigenvalue weighted by Gasteiger charge is -2.08. The van der Waals surface area contributed by atoms with Gasteiger partial charge in [-0.2, -0.15) is 0 Å². The van der Waals surface area contributed by atoms with Crippen LogP contribution in [0.1, 0.15) is 11.1 Å². The molecule has 3 heteroatoms. The zero-order valence-corrected chi connectivity index (χ0v) is 7.88. The lowest BCUT2D eigenvalue weighted by atomic mass is 9.99. The molecule has 0 saturated heterocycles. The average Bonchev–Trinajstić information content (AvgIpc) is 2.31. The first-order valence-electron chi connectivity index (χ1n) is 4.62. The minimum atomic E-state index is -0.0770. The van der Waals surface area contributed by atoms with Crippen LogP contribution in [0.5, 0.6) is 11.5 Å². The third kappa shape index (κ3) is 1.46. The fourth-order valence-electron chi connectivity index (χ4n) is 1.71. The Morgan fingerprint density at radius 1 is 1.21 bits per heavy atom. The first-order chi connectivity index (χ1) is 6.68. The maximum Gasteiger partial charge on any atom is 0.158 e. The van der Waals surface area contributed by atoms with Crippen molar-refractivity contribution in [3.63, 3.8) is 0 Å². The molecular weight excluding hydrogens is 178 g/mol. The van der Waals surface area contributed by atoms with Gasteiger partial charge in [-0.15, -0.1) is 0 Å². The monoisotopic (exact) mass is 191 g/mol. The molecule has 0 atom stereocenters. The number of rotatable bonds is 0. The molecule has 1 heterocycles. The number of phenols is 2. The molecule has 3 N–H and O–H groups in total. The van der Waals surface area contributed by atoms with E-state index in [0.717, 1.165) is 36.2 Å². The van der Waals surface area contributed by atoms with Crippen molar-refractivity contribution < 1.29 is 10.2 Å². The van der Waals surface area contributed by atoms with Crippen molar-refractivity contribution in [2.24, 2.45) is 0 Å². The van der Waals surface area contributed by atoms with Gasteiger partial charge in [0.15, 0.2) is 11.5 Å². The molecule has 0 unspecified atom stereocenters. The zero-order valence-electron chi connectivity index (χ0n) is 7.88. The zero-order chi connectivity index (χ0) is 10.1. The van der Waals surface area contributed by atoms with Crippen molar-refractivity contribution in [2.45, 2.75) is 6.42 Å². The lowest BCUT2D eigenvalue weighted by Crippen LogP contribution is -2.15. The summed E-state index contributed by atoms with van der Waals surface area (Å²) in [6, 6.07) is 3.20. The van der Waals surface area contributed by atoms with Crippen LogP contribution in [0.15, 0.2) is 18.7 Å². The molecule has 2 rings (SSSR count). The van der Waals surface area contributed by atoms with E-state index in [1.807, 2.05) is 0 Å². The van der Waals surface area contributed by atoms with Crippen LogP contribution in [-0.2, 0) is 6.42 Å². The van der Waals surface area contributed by atoms with E-state index in [2.05, 4.69) is 11.9 Å². The molecule has 1 aliphatic rings. The minimum absolute atomic E-state index is 0.0570. The minimum Gasteiger partial charge on any atom is -0.504 e. The highest BCUT2D eigenvalue weighted by atomic mass is 16.3. The maximum absolute atomic E-state index is 9.37. The van der Waals surface area contributed by atoms with Crippen molar-refractivity contribution in [3.05, 3.63) is 29.8 Å². The number of fused-ring (bicyclic) bond motifs is 1. The van der Waals surface area contributed by atoms with Gasteiger partial charge in [0.25, 0.3) is 0 Å². The Labute approximate surface area is 82.7 Å². The number of benzene rings is 1. The number of hydrogen-bond acceptors (Lipinski definition) is 3. The maximum atomic E-state index is 9.37. The largest absolute Gasteiger partial charge is 0.504 e. The van der Waals surface area contributed by atoms with Crippen LogP contribution in [0.4, 0.5) is 0 Å². The molecule has 0 spiro atoms. The second kappa shape index (κ2) is 3.35. The van der Waals surface area contributed by atoms with Crippen molar-refractivity contribution >= 4 is 5.57 Å². The highest BCUT2D eigenvalue weighted by molar-refractivity contribution is 5.71. The standard InChI is InChI=1S/C11H13NO2/c1-7-6-12-3-2-8-4-10(13)11(14)5-9(7)8/h4-5,12-14H,1-3,6H2. The fraction of sp³-hybridized carbons (Fsp3) is 0.273. The van der Waals surface area contributed by atoms with E-state index < -0.39 is 0 Å². The Kier molecular flexibility index (Phi) is 2.17. The van der Waals surface area contributed by atoms with Gasteiger partial charge in [-0.1, -0.05) is 6.58 Å². The van der Waals surface area contributed by atoms with Gasteiger partial charge >= 0.3 is 0 Å². The number of phenolic OH excluding ortho intramolecular Hbond substituents is 2. The van der Waals surface area contributed by atoms with Crippen molar-refractivity contribution in [1.29, 1.82) is 0 Å². The van der Waals surface area contributed by atoms with Gasteiger partial charge in [0.1, 0.15) is 0 Å². The second-order valence-corrected chi connectivity index (χ2v) is 3.53. The Hall–Kier alpha value is -1.48. The summed E-state index contributed by atoms with van der Waals surface area (Å²) in [5, 5.41) is 21.9. The molecular formula is C11H13NO2. The SMILES string of the molecule is C=C1CNCCc2cc(O)c(O)cc21. The van der Waals surface area contributed by atoms with E-state index in [0.29, 0.717) is 0 Å². The molecule has 1 aromatic carbocycles. The Bertz CT molecular complexity index is 385. The van der Waals surface area contributed by atoms with Gasteiger partial charge < -0.3 is 15.5 Å². The highest BCUT2D eigenvalue weighted by Crippen LogP contribution is 2.32. The van der Waals surface area contributed by atoms with Crippen molar-refractivity contribution in [2.75, 3.05) is 13.1 Å². The van der Waals surface area contributed by atoms with Crippen LogP contribution in [-0.4, -0.2) is 23.3 Å². The van der Waals surface area contributed by atoms with Gasteiger partial charge in [0.05, 0.1) is 0 Å². The topological polar surface area (TPSA) is 52.5 Å². The van der Waals surface area contributed by atoms with E-state index in [1.54, 1.807) is 12.1 Å². The molecule has 0 aromatic heterocycles. The van der Waals surface area contributed by atoms with Crippen LogP contribution in [0, 0.1) is 0 Å². The first-order valence-corrected chi connectivity index (χ1v) is 4.62. The fourth-order valence-corrected chi connectivity index (χ4v) is 1.71. The molecule has 0 radical (unpaired) electrons. The molecule has 1 aliphatic heterocycles. The predicted molar refractivity (Wildman–Crippen MR) is 55.4 cm³/mol. The van der Waals surface area contributed by atoms with E-state index in [9.17, 15) is 10.2 Å². The molecule has 3 nitrogen and oxygen atoms in total. The van der Waals surface area contributed by atoms with Crippen LogP contribution in [0.3, 0.4) is 0 Å². The van der Waals surface area contributed by atoms with Crippen molar-refractivity contribution in [1.82, 2.24) is 5.32 Å². The van der Waals surface area contributed by atoms with E-state index in [4.69, 9.17) is 0 Å². The summed E-state index contributed by atoms with van der Waals surface area (Å²) in [4.78, 5) is 0. The summed E-state index contributed by atoms with van der Waals surface area (Å²) in [5.41, 5.74) is 2.94. The summed E-state index contributed by atoms with van der Waals surface area (Å²) in [5.74, 6) is -0.134. The molecule has 74 valence electrons. The molecule has 0 aliphatic carbocycles. The van der Waals surface area contributed by atoms with Crippen LogP contribution in [0.2, 0.25) is 0 Å². The van der Waals surface area contributed by atoms with Crippen LogP contribution >= 0.6 is 0 Å². The number of aromatic hydroxyl groups is 2. The molecule has 14 heavy (non-hydrogen) atoms. The molecule has 0 fully saturated rings. The molecule has 0 bridgehead atoms. The highest BCUT2D eigenvalue weighted by Gasteiger charge is 2.13. The summed E-state index contributed by atoms with van der Waals surface area (Å²) in [7, 11) is 0. The Morgan fingerprint density at radius 3 is 2.71 bits per heavy atom. The predicted octanol–water partition coefficient (Wildman–Crippen LogP) is 1.26. The quantitative estimate of drug-likeness (QED) is 0.541. The van der Waals surface area contributed by atoms with E-state index in [-0.39, 0.29) is 11.5 Å². The van der Waals surface area contributed by atoms with Gasteiger partial charge in [-0.25, -0.2) is 0 Å². The molecule has 1 aromatic rings.